The Hall–Kier alpha value is -2.91. The van der Waals surface area contributed by atoms with Gasteiger partial charge in [-0.25, -0.2) is 17.6 Å². The molecule has 0 aliphatic carbocycles. The molecule has 10 heteroatoms. The van der Waals surface area contributed by atoms with Crippen molar-refractivity contribution in [2.45, 2.75) is 43.9 Å². The molecule has 7 nitrogen and oxygen atoms in total. The molecule has 1 aliphatic heterocycles. The maximum Gasteiger partial charge on any atom is 0.329 e. The van der Waals surface area contributed by atoms with Crippen molar-refractivity contribution in [1.29, 1.82) is 0 Å². The van der Waals surface area contributed by atoms with Gasteiger partial charge >= 0.3 is 5.97 Å². The van der Waals surface area contributed by atoms with Gasteiger partial charge in [-0.3, -0.25) is 4.79 Å². The van der Waals surface area contributed by atoms with Gasteiger partial charge in [-0.15, -0.1) is 0 Å². The first-order valence-electron chi connectivity index (χ1n) is 12.0. The van der Waals surface area contributed by atoms with Crippen molar-refractivity contribution >= 4 is 45.1 Å². The topological polar surface area (TPSA) is 92.8 Å². The van der Waals surface area contributed by atoms with E-state index in [-0.39, 0.29) is 17.9 Å². The number of fused-ring (bicyclic) bond motifs is 1. The molecule has 0 unspecified atom stereocenters. The van der Waals surface area contributed by atoms with Crippen LogP contribution in [-0.4, -0.2) is 43.6 Å². The SMILES string of the molecule is Cc1cc2c(c(Cl)c1C(=O)N[C@@H](Cc1cccc(S(C)(=O)=O)c1)C(=O)OCc1ccccc1)CCN(Cl)C2. The van der Waals surface area contributed by atoms with Crippen LogP contribution in [-0.2, 0) is 45.4 Å². The third-order valence-electron chi connectivity index (χ3n) is 6.41. The summed E-state index contributed by atoms with van der Waals surface area (Å²) in [6, 6.07) is 16.3. The number of amides is 1. The lowest BCUT2D eigenvalue weighted by Gasteiger charge is -2.26. The molecule has 0 radical (unpaired) electrons. The standard InChI is InChI=1S/C28H28Cl2N2O5S/c1-18-13-21-16-32(30)12-11-23(21)26(29)25(18)27(33)31-24(28(34)37-17-19-7-4-3-5-8-19)15-20-9-6-10-22(14-20)38(2,35)36/h3-10,13-14,24H,11-12,15-17H2,1-2H3,(H,31,33)/t24-/m0/s1. The van der Waals surface area contributed by atoms with E-state index in [1.807, 2.05) is 36.4 Å². The molecule has 3 aromatic carbocycles. The Kier molecular flexibility index (Phi) is 8.78. The van der Waals surface area contributed by atoms with Gasteiger partial charge in [-0.1, -0.05) is 60.1 Å². The second-order valence-electron chi connectivity index (χ2n) is 9.36. The number of nitrogens with zero attached hydrogens (tertiary/aromatic N) is 1. The van der Waals surface area contributed by atoms with Gasteiger partial charge in [0, 0.05) is 25.8 Å². The lowest BCUT2D eigenvalue weighted by atomic mass is 9.94. The molecule has 0 fully saturated rings. The normalized spacial score (nSPS) is 14.4. The van der Waals surface area contributed by atoms with E-state index in [1.54, 1.807) is 23.5 Å². The van der Waals surface area contributed by atoms with Crippen LogP contribution in [0.5, 0.6) is 0 Å². The summed E-state index contributed by atoms with van der Waals surface area (Å²) in [5.41, 5.74) is 4.13. The molecule has 200 valence electrons. The molecule has 1 aliphatic rings. The van der Waals surface area contributed by atoms with Crippen LogP contribution in [0.15, 0.2) is 65.6 Å². The van der Waals surface area contributed by atoms with Crippen molar-refractivity contribution in [3.8, 4) is 0 Å². The summed E-state index contributed by atoms with van der Waals surface area (Å²) >= 11 is 12.9. The van der Waals surface area contributed by atoms with E-state index in [4.69, 9.17) is 28.1 Å². The summed E-state index contributed by atoms with van der Waals surface area (Å²) in [5.74, 6) is -1.15. The number of nitrogens with one attached hydrogen (secondary N) is 1. The number of aryl methyl sites for hydroxylation is 1. The van der Waals surface area contributed by atoms with E-state index in [1.165, 1.54) is 12.1 Å². The molecule has 1 N–H and O–H groups in total. The van der Waals surface area contributed by atoms with Gasteiger partial charge in [0.2, 0.25) is 0 Å². The Morgan fingerprint density at radius 3 is 2.50 bits per heavy atom. The molecule has 3 aromatic rings. The van der Waals surface area contributed by atoms with Crippen molar-refractivity contribution < 1.29 is 22.7 Å². The summed E-state index contributed by atoms with van der Waals surface area (Å²) in [7, 11) is -3.45. The van der Waals surface area contributed by atoms with Gasteiger partial charge in [0.05, 0.1) is 15.5 Å². The zero-order chi connectivity index (χ0) is 27.4. The van der Waals surface area contributed by atoms with Crippen LogP contribution in [0.1, 0.15) is 38.2 Å². The van der Waals surface area contributed by atoms with Crippen molar-refractivity contribution in [3.05, 3.63) is 99.1 Å². The highest BCUT2D eigenvalue weighted by Crippen LogP contribution is 2.32. The van der Waals surface area contributed by atoms with Gasteiger partial charge in [-0.2, -0.15) is 0 Å². The van der Waals surface area contributed by atoms with Crippen LogP contribution in [0.3, 0.4) is 0 Å². The van der Waals surface area contributed by atoms with E-state index < -0.39 is 27.8 Å². The maximum atomic E-state index is 13.5. The summed E-state index contributed by atoms with van der Waals surface area (Å²) in [4.78, 5) is 26.8. The van der Waals surface area contributed by atoms with E-state index in [2.05, 4.69) is 5.32 Å². The van der Waals surface area contributed by atoms with Gasteiger partial charge in [0.1, 0.15) is 12.6 Å². The number of carbonyl (C=O) groups is 2. The fraction of sp³-hybridized carbons (Fsp3) is 0.286. The molecule has 0 saturated heterocycles. The lowest BCUT2D eigenvalue weighted by Crippen LogP contribution is -2.43. The van der Waals surface area contributed by atoms with Crippen LogP contribution in [0, 0.1) is 6.92 Å². The first-order chi connectivity index (χ1) is 18.0. The Bertz CT molecular complexity index is 1460. The second kappa shape index (κ2) is 11.9. The molecule has 1 atom stereocenters. The molecular weight excluding hydrogens is 547 g/mol. The van der Waals surface area contributed by atoms with E-state index in [9.17, 15) is 18.0 Å². The zero-order valence-electron chi connectivity index (χ0n) is 21.0. The number of esters is 1. The van der Waals surface area contributed by atoms with Gasteiger partial charge < -0.3 is 10.1 Å². The number of rotatable bonds is 8. The molecule has 0 saturated carbocycles. The number of sulfone groups is 1. The van der Waals surface area contributed by atoms with Crippen LogP contribution < -0.4 is 5.32 Å². The smallest absolute Gasteiger partial charge is 0.329 e. The highest BCUT2D eigenvalue weighted by molar-refractivity contribution is 7.90. The number of halogens is 2. The number of hydrogen-bond donors (Lipinski definition) is 1. The predicted molar refractivity (Wildman–Crippen MR) is 147 cm³/mol. The molecule has 0 spiro atoms. The lowest BCUT2D eigenvalue weighted by molar-refractivity contribution is -0.147. The Labute approximate surface area is 232 Å². The molecular formula is C28H28Cl2N2O5S. The van der Waals surface area contributed by atoms with Gasteiger partial charge in [0.15, 0.2) is 9.84 Å². The van der Waals surface area contributed by atoms with Crippen molar-refractivity contribution in [2.24, 2.45) is 0 Å². The molecule has 4 rings (SSSR count). The minimum absolute atomic E-state index is 0.0307. The van der Waals surface area contributed by atoms with Crippen LogP contribution >= 0.6 is 23.4 Å². The number of carbonyl (C=O) groups excluding carboxylic acids is 2. The van der Waals surface area contributed by atoms with Crippen LogP contribution in [0.2, 0.25) is 5.02 Å². The summed E-state index contributed by atoms with van der Waals surface area (Å²) in [5, 5.41) is 3.13. The number of hydrogen-bond acceptors (Lipinski definition) is 6. The van der Waals surface area contributed by atoms with Gasteiger partial charge in [-0.05, 0) is 65.1 Å². The highest BCUT2D eigenvalue weighted by atomic mass is 35.5. The predicted octanol–water partition coefficient (Wildman–Crippen LogP) is 4.65. The molecule has 1 amide bonds. The van der Waals surface area contributed by atoms with Crippen LogP contribution in [0.4, 0.5) is 0 Å². The highest BCUT2D eigenvalue weighted by Gasteiger charge is 2.28. The summed E-state index contributed by atoms with van der Waals surface area (Å²) in [6.45, 7) is 2.93. The molecule has 0 bridgehead atoms. The Morgan fingerprint density at radius 1 is 1.08 bits per heavy atom. The quantitative estimate of drug-likeness (QED) is 0.311. The largest absolute Gasteiger partial charge is 0.459 e. The van der Waals surface area contributed by atoms with Crippen molar-refractivity contribution in [3.63, 3.8) is 0 Å². The third kappa shape index (κ3) is 6.74. The number of ether oxygens (including phenoxy) is 1. The minimum atomic E-state index is -3.45. The summed E-state index contributed by atoms with van der Waals surface area (Å²) < 4.78 is 31.3. The van der Waals surface area contributed by atoms with E-state index in [0.717, 1.165) is 22.9 Å². The molecule has 0 aromatic heterocycles. The Morgan fingerprint density at radius 2 is 1.79 bits per heavy atom. The average molecular weight is 576 g/mol. The fourth-order valence-corrected chi connectivity index (χ4v) is 5.82. The molecule has 1 heterocycles. The van der Waals surface area contributed by atoms with E-state index in [0.29, 0.717) is 41.2 Å². The Balaban J connectivity index is 1.61. The van der Waals surface area contributed by atoms with Crippen LogP contribution in [0.25, 0.3) is 0 Å². The third-order valence-corrected chi connectivity index (χ3v) is 8.23. The average Bonchev–Trinajstić information content (AvgIpc) is 2.87. The first kappa shape index (κ1) is 28.1. The van der Waals surface area contributed by atoms with E-state index >= 15 is 0 Å². The van der Waals surface area contributed by atoms with Gasteiger partial charge in [0.25, 0.3) is 5.91 Å². The molecule has 38 heavy (non-hydrogen) atoms. The number of benzene rings is 3. The monoisotopic (exact) mass is 574 g/mol. The van der Waals surface area contributed by atoms with Crippen molar-refractivity contribution in [1.82, 2.24) is 9.74 Å². The van der Waals surface area contributed by atoms with Crippen molar-refractivity contribution in [2.75, 3.05) is 12.8 Å². The summed E-state index contributed by atoms with van der Waals surface area (Å²) in [6.07, 6.45) is 1.74. The first-order valence-corrected chi connectivity index (χ1v) is 14.7. The maximum absolute atomic E-state index is 13.5. The minimum Gasteiger partial charge on any atom is -0.459 e. The zero-order valence-corrected chi connectivity index (χ0v) is 23.4. The second-order valence-corrected chi connectivity index (χ2v) is 12.2. The fourth-order valence-electron chi connectivity index (χ4n) is 4.46.